The van der Waals surface area contributed by atoms with Crippen molar-refractivity contribution in [3.63, 3.8) is 0 Å². The van der Waals surface area contributed by atoms with Crippen molar-refractivity contribution >= 4 is 17.2 Å². The Morgan fingerprint density at radius 2 is 1.91 bits per heavy atom. The maximum atomic E-state index is 13.5. The molecule has 0 radical (unpaired) electrons. The Morgan fingerprint density at radius 1 is 1.26 bits per heavy atom. The summed E-state index contributed by atoms with van der Waals surface area (Å²) in [6, 6.07) is 6.38. The zero-order valence-electron chi connectivity index (χ0n) is 20.7. The smallest absolute Gasteiger partial charge is 0.277 e. The number of morpholine rings is 1. The van der Waals surface area contributed by atoms with Crippen LogP contribution in [0.15, 0.2) is 35.6 Å². The van der Waals surface area contributed by atoms with Gasteiger partial charge in [-0.2, -0.15) is 0 Å². The van der Waals surface area contributed by atoms with Crippen molar-refractivity contribution in [3.8, 4) is 0 Å². The molecule has 0 amide bonds. The van der Waals surface area contributed by atoms with E-state index in [-0.39, 0.29) is 22.5 Å². The number of hydrazine groups is 1. The average molecular weight is 473 g/mol. The van der Waals surface area contributed by atoms with Gasteiger partial charge in [0.05, 0.1) is 13.2 Å². The Bertz CT molecular complexity index is 1020. The van der Waals surface area contributed by atoms with E-state index in [0.29, 0.717) is 24.7 Å². The van der Waals surface area contributed by atoms with Gasteiger partial charge in [-0.25, -0.2) is 15.2 Å². The first-order valence-electron chi connectivity index (χ1n) is 11.7. The number of allylic oxidation sites excluding steroid dienone is 1. The number of ether oxygens (including phenoxy) is 1. The van der Waals surface area contributed by atoms with E-state index >= 15 is 0 Å². The predicted molar refractivity (Wildman–Crippen MR) is 135 cm³/mol. The Balaban J connectivity index is 1.94. The van der Waals surface area contributed by atoms with Gasteiger partial charge >= 0.3 is 0 Å². The molecule has 0 unspecified atom stereocenters. The van der Waals surface area contributed by atoms with Crippen molar-refractivity contribution in [1.82, 2.24) is 14.9 Å². The molecule has 0 bridgehead atoms. The highest BCUT2D eigenvalue weighted by atomic mass is 19.1. The lowest BCUT2D eigenvalue weighted by Crippen LogP contribution is -2.39. The highest BCUT2D eigenvalue weighted by Gasteiger charge is 2.25. The summed E-state index contributed by atoms with van der Waals surface area (Å²) in [5, 5.41) is 1.28. The van der Waals surface area contributed by atoms with E-state index in [0.717, 1.165) is 50.4 Å². The van der Waals surface area contributed by atoms with Crippen molar-refractivity contribution in [1.29, 1.82) is 0 Å². The van der Waals surface area contributed by atoms with Crippen molar-refractivity contribution < 1.29 is 9.13 Å². The first-order chi connectivity index (χ1) is 16.1. The van der Waals surface area contributed by atoms with Crippen LogP contribution in [0.5, 0.6) is 0 Å². The van der Waals surface area contributed by atoms with Gasteiger partial charge < -0.3 is 14.6 Å². The van der Waals surface area contributed by atoms with Gasteiger partial charge in [0.15, 0.2) is 0 Å². The van der Waals surface area contributed by atoms with Gasteiger partial charge in [0.1, 0.15) is 17.2 Å². The molecule has 2 aromatic rings. The molecule has 1 aromatic heterocycles. The van der Waals surface area contributed by atoms with E-state index in [1.807, 2.05) is 25.7 Å². The monoisotopic (exact) mass is 472 g/mol. The van der Waals surface area contributed by atoms with Crippen LogP contribution in [0.1, 0.15) is 38.4 Å². The third kappa shape index (κ3) is 6.65. The second-order valence-corrected chi connectivity index (χ2v) is 9.78. The van der Waals surface area contributed by atoms with Crippen molar-refractivity contribution in [2.75, 3.05) is 56.3 Å². The number of anilines is 2. The molecule has 1 aliphatic rings. The average Bonchev–Trinajstić information content (AvgIpc) is 2.78. The molecule has 34 heavy (non-hydrogen) atoms. The summed E-state index contributed by atoms with van der Waals surface area (Å²) < 4.78 is 18.9. The summed E-state index contributed by atoms with van der Waals surface area (Å²) in [6.07, 6.45) is 0.874. The van der Waals surface area contributed by atoms with Crippen LogP contribution < -0.4 is 21.3 Å². The molecular formula is C25H37FN6O2. The number of hydrogen-bond acceptors (Lipinski definition) is 7. The number of aromatic nitrogens is 2. The summed E-state index contributed by atoms with van der Waals surface area (Å²) in [7, 11) is 1.62. The predicted octanol–water partition coefficient (Wildman–Crippen LogP) is 3.01. The lowest BCUT2D eigenvalue weighted by molar-refractivity contribution is 0.0376. The summed E-state index contributed by atoms with van der Waals surface area (Å²) in [4.78, 5) is 25.2. The van der Waals surface area contributed by atoms with Crippen molar-refractivity contribution in [2.24, 2.45) is 11.3 Å². The van der Waals surface area contributed by atoms with Gasteiger partial charge in [-0.15, -0.1) is 0 Å². The molecule has 1 saturated heterocycles. The van der Waals surface area contributed by atoms with E-state index in [1.165, 1.54) is 17.1 Å². The maximum absolute atomic E-state index is 13.5. The largest absolute Gasteiger partial charge is 0.379 e. The number of halogens is 1. The highest BCUT2D eigenvalue weighted by molar-refractivity contribution is 5.75. The van der Waals surface area contributed by atoms with E-state index in [2.05, 4.69) is 16.5 Å². The van der Waals surface area contributed by atoms with E-state index in [1.54, 1.807) is 19.2 Å². The lowest BCUT2D eigenvalue weighted by Gasteiger charge is -2.30. The maximum Gasteiger partial charge on any atom is 0.277 e. The minimum Gasteiger partial charge on any atom is -0.379 e. The Labute approximate surface area is 201 Å². The molecule has 8 nitrogen and oxygen atoms in total. The molecule has 9 heteroatoms. The molecule has 0 spiro atoms. The molecular weight excluding hydrogens is 435 g/mol. The van der Waals surface area contributed by atoms with Crippen molar-refractivity contribution in [2.45, 2.75) is 33.7 Å². The second-order valence-electron chi connectivity index (χ2n) is 9.78. The standard InChI is InChI=1S/C25H37FN6O2/c1-18(25(2,3)4)21-22(30(5)27)23(33)29-24(28-21)32(17-19-7-9-20(26)10-8-19)12-6-11-31-13-15-34-16-14-31/h7-10H,1,6,11-17,27H2,2-5H3,(H,28,29,33). The van der Waals surface area contributed by atoms with Crippen LogP contribution in [0, 0.1) is 11.2 Å². The first-order valence-corrected chi connectivity index (χ1v) is 11.7. The molecule has 2 heterocycles. The molecule has 186 valence electrons. The number of hydrogen-bond donors (Lipinski definition) is 2. The number of benzene rings is 1. The number of nitrogens with one attached hydrogen (secondary N) is 1. The highest BCUT2D eigenvalue weighted by Crippen LogP contribution is 2.35. The summed E-state index contributed by atoms with van der Waals surface area (Å²) in [5.41, 5.74) is 1.77. The van der Waals surface area contributed by atoms with E-state index < -0.39 is 0 Å². The first kappa shape index (κ1) is 25.9. The van der Waals surface area contributed by atoms with E-state index in [9.17, 15) is 9.18 Å². The topological polar surface area (TPSA) is 90.7 Å². The fraction of sp³-hybridized carbons (Fsp3) is 0.520. The lowest BCUT2D eigenvalue weighted by atomic mass is 9.85. The second kappa shape index (κ2) is 11.1. The van der Waals surface area contributed by atoms with Gasteiger partial charge in [0, 0.05) is 39.8 Å². The Kier molecular flexibility index (Phi) is 8.46. The van der Waals surface area contributed by atoms with Gasteiger partial charge in [0.2, 0.25) is 5.95 Å². The quantitative estimate of drug-likeness (QED) is 0.428. The number of nitrogens with zero attached hydrogens (tertiary/aromatic N) is 4. The minimum absolute atomic E-state index is 0.277. The van der Waals surface area contributed by atoms with Crippen LogP contribution in [0.25, 0.3) is 5.57 Å². The summed E-state index contributed by atoms with van der Waals surface area (Å²) in [5.74, 6) is 6.15. The number of H-pyrrole nitrogens is 1. The Morgan fingerprint density at radius 3 is 2.50 bits per heavy atom. The Hall–Kier alpha value is -2.75. The zero-order chi connectivity index (χ0) is 24.9. The molecule has 1 aromatic carbocycles. The fourth-order valence-corrected chi connectivity index (χ4v) is 3.88. The summed E-state index contributed by atoms with van der Waals surface area (Å²) in [6.45, 7) is 15.7. The fourth-order valence-electron chi connectivity index (χ4n) is 3.88. The van der Waals surface area contributed by atoms with Gasteiger partial charge in [-0.3, -0.25) is 14.7 Å². The molecule has 0 aliphatic carbocycles. The molecule has 0 saturated carbocycles. The SMILES string of the molecule is C=C(c1nc(N(CCCN2CCOCC2)Cc2ccc(F)cc2)[nH]c(=O)c1N(C)N)C(C)(C)C. The normalized spacial score (nSPS) is 14.8. The number of aromatic amines is 1. The molecule has 3 N–H and O–H groups in total. The molecule has 3 rings (SSSR count). The van der Waals surface area contributed by atoms with Crippen LogP contribution in [0.3, 0.4) is 0 Å². The van der Waals surface area contributed by atoms with Crippen LogP contribution in [-0.2, 0) is 11.3 Å². The number of rotatable bonds is 9. The summed E-state index contributed by atoms with van der Waals surface area (Å²) >= 11 is 0. The third-order valence-electron chi connectivity index (χ3n) is 6.02. The van der Waals surface area contributed by atoms with Crippen molar-refractivity contribution in [3.05, 3.63) is 58.3 Å². The third-order valence-corrected chi connectivity index (χ3v) is 6.02. The van der Waals surface area contributed by atoms with Crippen LogP contribution in [0.4, 0.5) is 16.0 Å². The van der Waals surface area contributed by atoms with Crippen LogP contribution >= 0.6 is 0 Å². The van der Waals surface area contributed by atoms with Crippen LogP contribution in [-0.4, -0.2) is 61.3 Å². The van der Waals surface area contributed by atoms with Gasteiger partial charge in [-0.1, -0.05) is 39.5 Å². The number of nitrogens with two attached hydrogens (primary N) is 1. The van der Waals surface area contributed by atoms with Gasteiger partial charge in [0.25, 0.3) is 5.56 Å². The molecule has 1 fully saturated rings. The minimum atomic E-state index is -0.326. The van der Waals surface area contributed by atoms with Gasteiger partial charge in [-0.05, 0) is 35.1 Å². The van der Waals surface area contributed by atoms with Crippen LogP contribution in [0.2, 0.25) is 0 Å². The molecule has 0 atom stereocenters. The zero-order valence-corrected chi connectivity index (χ0v) is 20.7. The van der Waals surface area contributed by atoms with E-state index in [4.69, 9.17) is 15.6 Å². The molecule has 1 aliphatic heterocycles.